The topological polar surface area (TPSA) is 43.1 Å². The van der Waals surface area contributed by atoms with Gasteiger partial charge in [0.15, 0.2) is 0 Å². The normalized spacial score (nSPS) is 8.81. The second-order valence-electron chi connectivity index (χ2n) is 2.89. The molecule has 0 heterocycles. The van der Waals surface area contributed by atoms with Gasteiger partial charge in [-0.1, -0.05) is 36.4 Å². The molecule has 0 spiro atoms. The van der Waals surface area contributed by atoms with E-state index >= 15 is 0 Å². The first-order valence-electron chi connectivity index (χ1n) is 4.60. The van der Waals surface area contributed by atoms with Gasteiger partial charge in [0.1, 0.15) is 5.82 Å². The van der Waals surface area contributed by atoms with Crippen molar-refractivity contribution < 1.29 is 9.31 Å². The molecule has 0 bridgehead atoms. The minimum absolute atomic E-state index is 0.0959. The number of nitrogens with zero attached hydrogens (tertiary/aromatic N) is 1. The fraction of sp³-hybridized carbons (Fsp3) is 0. The summed E-state index contributed by atoms with van der Waals surface area (Å²) in [5, 5.41) is 10.00. The van der Waals surface area contributed by atoms with Gasteiger partial charge in [0.2, 0.25) is 0 Å². The monoisotopic (exact) mass is 219 g/mol. The van der Waals surface area contributed by atoms with E-state index in [1.54, 1.807) is 0 Å². The lowest BCUT2D eigenvalue weighted by atomic mass is 10.3. The number of halogens is 1. The van der Waals surface area contributed by atoms with Gasteiger partial charge in [-0.15, -0.1) is 0 Å². The van der Waals surface area contributed by atoms with Gasteiger partial charge in [0.05, 0.1) is 4.92 Å². The number of non-ortho nitro benzene ring substituents is 1. The summed E-state index contributed by atoms with van der Waals surface area (Å²) in [6.07, 6.45) is 0. The number of nitro groups is 1. The molecule has 0 atom stereocenters. The summed E-state index contributed by atoms with van der Waals surface area (Å²) in [5.41, 5.74) is -0.0959. The number of hydrogen-bond acceptors (Lipinski definition) is 2. The number of benzene rings is 2. The molecule has 0 aliphatic carbocycles. The van der Waals surface area contributed by atoms with E-state index in [1.165, 1.54) is 0 Å². The Kier molecular flexibility index (Phi) is 4.66. The quantitative estimate of drug-likeness (QED) is 0.544. The molecule has 0 aliphatic heterocycles. The predicted molar refractivity (Wildman–Crippen MR) is 59.5 cm³/mol. The number of rotatable bonds is 1. The summed E-state index contributed by atoms with van der Waals surface area (Å²) in [5.74, 6) is -0.467. The zero-order chi connectivity index (χ0) is 11.8. The van der Waals surface area contributed by atoms with E-state index in [0.29, 0.717) is 0 Å². The van der Waals surface area contributed by atoms with Crippen molar-refractivity contribution in [3.63, 3.8) is 0 Å². The molecule has 2 aromatic carbocycles. The van der Waals surface area contributed by atoms with Gasteiger partial charge in [-0.05, 0) is 12.1 Å². The lowest BCUT2D eigenvalue weighted by Crippen LogP contribution is -1.86. The van der Waals surface area contributed by atoms with Crippen LogP contribution in [0.4, 0.5) is 10.1 Å². The molecule has 0 unspecified atom stereocenters. The molecular weight excluding hydrogens is 209 g/mol. The Bertz CT molecular complexity index is 402. The second kappa shape index (κ2) is 6.29. The molecule has 0 saturated heterocycles. The van der Waals surface area contributed by atoms with E-state index < -0.39 is 10.7 Å². The Balaban J connectivity index is 0.000000181. The van der Waals surface area contributed by atoms with Crippen LogP contribution in [0.15, 0.2) is 60.7 Å². The molecule has 82 valence electrons. The first kappa shape index (κ1) is 11.8. The summed E-state index contributed by atoms with van der Waals surface area (Å²) in [6, 6.07) is 16.3. The van der Waals surface area contributed by atoms with Crippen molar-refractivity contribution in [3.05, 3.63) is 76.6 Å². The molecule has 0 radical (unpaired) electrons. The molecule has 0 amide bonds. The minimum atomic E-state index is -0.570. The van der Waals surface area contributed by atoms with E-state index in [1.807, 2.05) is 36.4 Å². The Morgan fingerprint density at radius 1 is 0.875 bits per heavy atom. The highest BCUT2D eigenvalue weighted by atomic mass is 19.1. The highest BCUT2D eigenvalue weighted by molar-refractivity contribution is 5.28. The molecule has 2 rings (SSSR count). The summed E-state index contributed by atoms with van der Waals surface area (Å²) >= 11 is 0. The van der Waals surface area contributed by atoms with Crippen LogP contribution in [0.1, 0.15) is 0 Å². The molecule has 16 heavy (non-hydrogen) atoms. The molecule has 0 aliphatic rings. The minimum Gasteiger partial charge on any atom is -0.258 e. The van der Waals surface area contributed by atoms with E-state index in [-0.39, 0.29) is 5.69 Å². The van der Waals surface area contributed by atoms with Gasteiger partial charge in [-0.2, -0.15) is 0 Å². The summed E-state index contributed by atoms with van der Waals surface area (Å²) in [7, 11) is 0. The summed E-state index contributed by atoms with van der Waals surface area (Å²) < 4.78 is 12.1. The standard InChI is InChI=1S/C6H4FNO2.C6H6/c7-5-1-3-6(4-2-5)8(9)10;1-2-4-6-5-3-1/h1-4H;1-6H. The first-order chi connectivity index (χ1) is 7.70. The molecular formula is C12H10FNO2. The third kappa shape index (κ3) is 4.32. The van der Waals surface area contributed by atoms with Crippen molar-refractivity contribution in [1.82, 2.24) is 0 Å². The third-order valence-corrected chi connectivity index (χ3v) is 1.70. The van der Waals surface area contributed by atoms with Gasteiger partial charge in [-0.25, -0.2) is 4.39 Å². The highest BCUT2D eigenvalue weighted by Crippen LogP contribution is 2.09. The number of hydrogen-bond donors (Lipinski definition) is 0. The largest absolute Gasteiger partial charge is 0.269 e. The first-order valence-corrected chi connectivity index (χ1v) is 4.60. The van der Waals surface area contributed by atoms with Crippen LogP contribution < -0.4 is 0 Å². The van der Waals surface area contributed by atoms with Crippen molar-refractivity contribution in [2.45, 2.75) is 0 Å². The van der Waals surface area contributed by atoms with E-state index in [2.05, 4.69) is 0 Å². The SMILES string of the molecule is O=[N+]([O-])c1ccc(F)cc1.c1ccccc1. The molecule has 0 N–H and O–H groups in total. The zero-order valence-corrected chi connectivity index (χ0v) is 8.42. The molecule has 3 nitrogen and oxygen atoms in total. The lowest BCUT2D eigenvalue weighted by Gasteiger charge is -1.87. The van der Waals surface area contributed by atoms with Gasteiger partial charge >= 0.3 is 0 Å². The second-order valence-corrected chi connectivity index (χ2v) is 2.89. The van der Waals surface area contributed by atoms with Crippen LogP contribution in [0, 0.1) is 15.9 Å². The molecule has 0 saturated carbocycles. The van der Waals surface area contributed by atoms with E-state index in [0.717, 1.165) is 24.3 Å². The van der Waals surface area contributed by atoms with Crippen molar-refractivity contribution in [2.75, 3.05) is 0 Å². The van der Waals surface area contributed by atoms with Crippen LogP contribution >= 0.6 is 0 Å². The van der Waals surface area contributed by atoms with Crippen LogP contribution in [-0.4, -0.2) is 4.92 Å². The predicted octanol–water partition coefficient (Wildman–Crippen LogP) is 3.42. The van der Waals surface area contributed by atoms with Crippen LogP contribution in [-0.2, 0) is 0 Å². The maximum absolute atomic E-state index is 12.1. The number of nitro benzene ring substituents is 1. The van der Waals surface area contributed by atoms with E-state index in [9.17, 15) is 14.5 Å². The zero-order valence-electron chi connectivity index (χ0n) is 8.42. The van der Waals surface area contributed by atoms with Crippen molar-refractivity contribution in [3.8, 4) is 0 Å². The van der Waals surface area contributed by atoms with Gasteiger partial charge in [0.25, 0.3) is 5.69 Å². The lowest BCUT2D eigenvalue weighted by molar-refractivity contribution is -0.384. The van der Waals surface area contributed by atoms with Gasteiger partial charge in [0, 0.05) is 12.1 Å². The Hall–Kier alpha value is -2.23. The Labute approximate surface area is 92.3 Å². The van der Waals surface area contributed by atoms with Gasteiger partial charge in [-0.3, -0.25) is 10.1 Å². The average molecular weight is 219 g/mol. The van der Waals surface area contributed by atoms with Gasteiger partial charge < -0.3 is 0 Å². The van der Waals surface area contributed by atoms with Crippen LogP contribution in [0.3, 0.4) is 0 Å². The highest BCUT2D eigenvalue weighted by Gasteiger charge is 2.01. The smallest absolute Gasteiger partial charge is 0.258 e. The molecule has 2 aromatic rings. The Morgan fingerprint density at radius 2 is 1.25 bits per heavy atom. The fourth-order valence-corrected chi connectivity index (χ4v) is 0.948. The van der Waals surface area contributed by atoms with Crippen molar-refractivity contribution in [2.24, 2.45) is 0 Å². The average Bonchev–Trinajstić information content (AvgIpc) is 2.32. The van der Waals surface area contributed by atoms with Crippen LogP contribution in [0.25, 0.3) is 0 Å². The third-order valence-electron chi connectivity index (χ3n) is 1.70. The van der Waals surface area contributed by atoms with Crippen LogP contribution in [0.5, 0.6) is 0 Å². The summed E-state index contributed by atoms with van der Waals surface area (Å²) in [6.45, 7) is 0. The summed E-state index contributed by atoms with van der Waals surface area (Å²) in [4.78, 5) is 9.43. The van der Waals surface area contributed by atoms with Crippen LogP contribution in [0.2, 0.25) is 0 Å². The van der Waals surface area contributed by atoms with Crippen molar-refractivity contribution in [1.29, 1.82) is 0 Å². The fourth-order valence-electron chi connectivity index (χ4n) is 0.948. The molecule has 0 aromatic heterocycles. The molecule has 4 heteroatoms. The maximum Gasteiger partial charge on any atom is 0.269 e. The van der Waals surface area contributed by atoms with E-state index in [4.69, 9.17) is 0 Å². The molecule has 0 fully saturated rings. The Morgan fingerprint density at radius 3 is 1.56 bits per heavy atom. The maximum atomic E-state index is 12.1. The van der Waals surface area contributed by atoms with Crippen molar-refractivity contribution >= 4 is 5.69 Å².